The van der Waals surface area contributed by atoms with Crippen LogP contribution in [-0.2, 0) is 11.2 Å². The van der Waals surface area contributed by atoms with Gasteiger partial charge < -0.3 is 15.7 Å². The van der Waals surface area contributed by atoms with E-state index < -0.39 is 6.10 Å². The van der Waals surface area contributed by atoms with Gasteiger partial charge in [-0.15, -0.1) is 11.6 Å². The van der Waals surface area contributed by atoms with E-state index in [1.807, 2.05) is 0 Å². The van der Waals surface area contributed by atoms with E-state index in [0.29, 0.717) is 24.2 Å². The van der Waals surface area contributed by atoms with Gasteiger partial charge in [0.25, 0.3) is 0 Å². The number of carbonyl (C=O) groups excluding carboxylic acids is 1. The van der Waals surface area contributed by atoms with E-state index in [-0.39, 0.29) is 24.1 Å². The molecule has 98 valence electrons. The number of aliphatic hydroxyl groups is 1. The highest BCUT2D eigenvalue weighted by molar-refractivity contribution is 6.18. The number of amides is 1. The SMILES string of the molecule is O=C1CCc2cc(F)cc(NCC(O)CCl)c2N1. The van der Waals surface area contributed by atoms with Gasteiger partial charge in [0.15, 0.2) is 0 Å². The van der Waals surface area contributed by atoms with E-state index in [1.165, 1.54) is 12.1 Å². The van der Waals surface area contributed by atoms with Crippen molar-refractivity contribution in [2.24, 2.45) is 0 Å². The molecule has 1 aliphatic heterocycles. The average Bonchev–Trinajstić information content (AvgIpc) is 2.36. The highest BCUT2D eigenvalue weighted by Gasteiger charge is 2.19. The van der Waals surface area contributed by atoms with Gasteiger partial charge in [0.2, 0.25) is 5.91 Å². The Balaban J connectivity index is 2.23. The van der Waals surface area contributed by atoms with Crippen LogP contribution in [0.2, 0.25) is 0 Å². The number of alkyl halides is 1. The monoisotopic (exact) mass is 272 g/mol. The number of hydrogen-bond donors (Lipinski definition) is 3. The van der Waals surface area contributed by atoms with E-state index in [2.05, 4.69) is 10.6 Å². The van der Waals surface area contributed by atoms with Crippen LogP contribution in [0.5, 0.6) is 0 Å². The molecule has 0 saturated carbocycles. The topological polar surface area (TPSA) is 61.4 Å². The molecule has 6 heteroatoms. The second-order valence-corrected chi connectivity index (χ2v) is 4.53. The van der Waals surface area contributed by atoms with Crippen LogP contribution < -0.4 is 10.6 Å². The summed E-state index contributed by atoms with van der Waals surface area (Å²) < 4.78 is 13.4. The lowest BCUT2D eigenvalue weighted by Crippen LogP contribution is -2.24. The number of aliphatic hydroxyl groups excluding tert-OH is 1. The fourth-order valence-corrected chi connectivity index (χ4v) is 1.99. The Labute approximate surface area is 109 Å². The van der Waals surface area contributed by atoms with Crippen LogP contribution in [0, 0.1) is 5.82 Å². The van der Waals surface area contributed by atoms with Crippen LogP contribution in [0.3, 0.4) is 0 Å². The van der Waals surface area contributed by atoms with Crippen LogP contribution in [-0.4, -0.2) is 29.5 Å². The van der Waals surface area contributed by atoms with Crippen molar-refractivity contribution < 1.29 is 14.3 Å². The lowest BCUT2D eigenvalue weighted by molar-refractivity contribution is -0.116. The molecule has 0 bridgehead atoms. The van der Waals surface area contributed by atoms with Crippen molar-refractivity contribution in [1.29, 1.82) is 0 Å². The van der Waals surface area contributed by atoms with Crippen LogP contribution in [0.4, 0.5) is 15.8 Å². The molecular formula is C12H14ClFN2O2. The number of rotatable bonds is 4. The van der Waals surface area contributed by atoms with Crippen LogP contribution >= 0.6 is 11.6 Å². The fraction of sp³-hybridized carbons (Fsp3) is 0.417. The Kier molecular flexibility index (Phi) is 4.04. The third kappa shape index (κ3) is 2.91. The zero-order valence-electron chi connectivity index (χ0n) is 9.67. The van der Waals surface area contributed by atoms with E-state index in [9.17, 15) is 14.3 Å². The van der Waals surface area contributed by atoms with Crippen LogP contribution in [0.1, 0.15) is 12.0 Å². The molecule has 2 rings (SSSR count). The highest BCUT2D eigenvalue weighted by atomic mass is 35.5. The average molecular weight is 273 g/mol. The molecule has 0 radical (unpaired) electrons. The first-order valence-electron chi connectivity index (χ1n) is 5.70. The lowest BCUT2D eigenvalue weighted by Gasteiger charge is -2.21. The predicted octanol–water partition coefficient (Wildman–Crippen LogP) is 1.72. The lowest BCUT2D eigenvalue weighted by atomic mass is 10.0. The maximum Gasteiger partial charge on any atom is 0.224 e. The first-order valence-corrected chi connectivity index (χ1v) is 6.23. The molecule has 0 saturated heterocycles. The molecule has 0 spiro atoms. The molecule has 1 heterocycles. The smallest absolute Gasteiger partial charge is 0.224 e. The first kappa shape index (κ1) is 13.1. The number of hydrogen-bond acceptors (Lipinski definition) is 3. The minimum absolute atomic E-state index is 0.0879. The maximum atomic E-state index is 13.4. The molecular weight excluding hydrogens is 259 g/mol. The molecule has 0 aliphatic carbocycles. The minimum atomic E-state index is -0.718. The van der Waals surface area contributed by atoms with Crippen molar-refractivity contribution in [3.63, 3.8) is 0 Å². The summed E-state index contributed by atoms with van der Waals surface area (Å²) in [5.74, 6) is -0.362. The highest BCUT2D eigenvalue weighted by Crippen LogP contribution is 2.31. The first-order chi connectivity index (χ1) is 8.60. The number of carbonyl (C=O) groups is 1. The van der Waals surface area contributed by atoms with Crippen molar-refractivity contribution in [2.45, 2.75) is 18.9 Å². The van der Waals surface area contributed by atoms with Gasteiger partial charge in [-0.1, -0.05) is 0 Å². The zero-order chi connectivity index (χ0) is 13.1. The van der Waals surface area contributed by atoms with Crippen molar-refractivity contribution >= 4 is 28.9 Å². The summed E-state index contributed by atoms with van der Waals surface area (Å²) in [5, 5.41) is 15.0. The minimum Gasteiger partial charge on any atom is -0.390 e. The summed E-state index contributed by atoms with van der Waals surface area (Å²) in [4.78, 5) is 11.4. The third-order valence-electron chi connectivity index (χ3n) is 2.78. The molecule has 0 fully saturated rings. The van der Waals surface area contributed by atoms with Gasteiger partial charge in [-0.25, -0.2) is 4.39 Å². The molecule has 1 atom stereocenters. The molecule has 1 aromatic rings. The molecule has 3 N–H and O–H groups in total. The number of anilines is 2. The quantitative estimate of drug-likeness (QED) is 0.732. The fourth-order valence-electron chi connectivity index (χ4n) is 1.88. The number of halogens is 2. The van der Waals surface area contributed by atoms with Gasteiger partial charge in [-0.05, 0) is 24.1 Å². The summed E-state index contributed by atoms with van der Waals surface area (Å²) >= 11 is 5.48. The Hall–Kier alpha value is -1.33. The second kappa shape index (κ2) is 5.54. The predicted molar refractivity (Wildman–Crippen MR) is 68.6 cm³/mol. The van der Waals surface area contributed by atoms with Crippen molar-refractivity contribution in [3.8, 4) is 0 Å². The number of benzene rings is 1. The van der Waals surface area contributed by atoms with Gasteiger partial charge in [-0.2, -0.15) is 0 Å². The van der Waals surface area contributed by atoms with Gasteiger partial charge in [0.1, 0.15) is 5.82 Å². The molecule has 1 aromatic carbocycles. The second-order valence-electron chi connectivity index (χ2n) is 4.22. The van der Waals surface area contributed by atoms with Gasteiger partial charge >= 0.3 is 0 Å². The van der Waals surface area contributed by atoms with E-state index in [4.69, 9.17) is 11.6 Å². The largest absolute Gasteiger partial charge is 0.390 e. The molecule has 18 heavy (non-hydrogen) atoms. The van der Waals surface area contributed by atoms with Gasteiger partial charge in [0.05, 0.1) is 23.4 Å². The molecule has 0 aromatic heterocycles. The summed E-state index contributed by atoms with van der Waals surface area (Å²) in [6.07, 6.45) is 0.163. The Bertz CT molecular complexity index is 468. The van der Waals surface area contributed by atoms with E-state index in [1.54, 1.807) is 0 Å². The van der Waals surface area contributed by atoms with Crippen molar-refractivity contribution in [2.75, 3.05) is 23.1 Å². The Morgan fingerprint density at radius 3 is 3.00 bits per heavy atom. The van der Waals surface area contributed by atoms with Gasteiger partial charge in [0, 0.05) is 13.0 Å². The number of aryl methyl sites for hydroxylation is 1. The van der Waals surface area contributed by atoms with E-state index in [0.717, 1.165) is 5.56 Å². The molecule has 1 unspecified atom stereocenters. The number of nitrogens with one attached hydrogen (secondary N) is 2. The molecule has 1 aliphatic rings. The van der Waals surface area contributed by atoms with E-state index >= 15 is 0 Å². The maximum absolute atomic E-state index is 13.4. The normalized spacial score (nSPS) is 15.8. The Morgan fingerprint density at radius 2 is 2.28 bits per heavy atom. The van der Waals surface area contributed by atoms with Gasteiger partial charge in [-0.3, -0.25) is 4.79 Å². The Morgan fingerprint density at radius 1 is 1.50 bits per heavy atom. The third-order valence-corrected chi connectivity index (χ3v) is 3.13. The summed E-state index contributed by atoms with van der Waals surface area (Å²) in [6, 6.07) is 2.71. The summed E-state index contributed by atoms with van der Waals surface area (Å²) in [6.45, 7) is 0.204. The summed E-state index contributed by atoms with van der Waals surface area (Å²) in [7, 11) is 0. The standard InChI is InChI=1S/C12H14ClFN2O2/c13-5-9(17)6-15-10-4-8(14)3-7-1-2-11(18)16-12(7)10/h3-4,9,15,17H,1-2,5-6H2,(H,16,18). The summed E-state index contributed by atoms with van der Waals surface area (Å²) in [5.41, 5.74) is 1.83. The molecule has 1 amide bonds. The van der Waals surface area contributed by atoms with Crippen molar-refractivity contribution in [3.05, 3.63) is 23.5 Å². The number of fused-ring (bicyclic) bond motifs is 1. The van der Waals surface area contributed by atoms with Crippen LogP contribution in [0.25, 0.3) is 0 Å². The molecule has 4 nitrogen and oxygen atoms in total. The van der Waals surface area contributed by atoms with Crippen molar-refractivity contribution in [1.82, 2.24) is 0 Å². The zero-order valence-corrected chi connectivity index (χ0v) is 10.4. The van der Waals surface area contributed by atoms with Crippen LogP contribution in [0.15, 0.2) is 12.1 Å².